The van der Waals surface area contributed by atoms with Gasteiger partial charge in [-0.3, -0.25) is 0 Å². The number of unbranched alkanes of at least 4 members (excludes halogenated alkanes) is 1. The van der Waals surface area contributed by atoms with Crippen molar-refractivity contribution in [3.8, 4) is 17.6 Å². The molecule has 0 unspecified atom stereocenters. The Labute approximate surface area is 183 Å². The lowest BCUT2D eigenvalue weighted by molar-refractivity contribution is -0.253. The second-order valence-corrected chi connectivity index (χ2v) is 9.29. The highest BCUT2D eigenvalue weighted by molar-refractivity contribution is 5.38. The highest BCUT2D eigenvalue weighted by atomic mass is 19.3. The largest absolute Gasteiger partial charge is 0.461 e. The zero-order chi connectivity index (χ0) is 22.3. The van der Waals surface area contributed by atoms with E-state index in [0.29, 0.717) is 11.5 Å². The van der Waals surface area contributed by atoms with E-state index in [9.17, 15) is 17.6 Å². The molecule has 0 aromatic heterocycles. The maximum absolute atomic E-state index is 13.0. The summed E-state index contributed by atoms with van der Waals surface area (Å²) in [4.78, 5) is 0. The molecule has 0 amide bonds. The fourth-order valence-electron chi connectivity index (χ4n) is 5.17. The van der Waals surface area contributed by atoms with Crippen LogP contribution in [0.25, 0.3) is 0 Å². The Bertz CT molecular complexity index is 718. The number of rotatable bonds is 7. The van der Waals surface area contributed by atoms with Crippen molar-refractivity contribution in [1.82, 2.24) is 0 Å². The minimum absolute atomic E-state index is 0.291. The van der Waals surface area contributed by atoms with Crippen LogP contribution in [0.3, 0.4) is 0 Å². The molecule has 0 aliphatic heterocycles. The summed E-state index contributed by atoms with van der Waals surface area (Å²) < 4.78 is 54.4. The Morgan fingerprint density at radius 1 is 0.935 bits per heavy atom. The maximum Gasteiger partial charge on any atom is 0.461 e. The van der Waals surface area contributed by atoms with Crippen molar-refractivity contribution in [1.29, 1.82) is 0 Å². The molecule has 31 heavy (non-hydrogen) atoms. The molecule has 2 aliphatic carbocycles. The molecule has 2 saturated carbocycles. The third kappa shape index (κ3) is 7.16. The highest BCUT2D eigenvalue weighted by Crippen LogP contribution is 2.42. The van der Waals surface area contributed by atoms with E-state index in [0.717, 1.165) is 30.6 Å². The van der Waals surface area contributed by atoms with Crippen molar-refractivity contribution in [2.45, 2.75) is 90.1 Å². The van der Waals surface area contributed by atoms with Crippen molar-refractivity contribution < 1.29 is 22.3 Å². The molecule has 0 atom stereocenters. The van der Waals surface area contributed by atoms with E-state index in [1.807, 2.05) is 0 Å². The monoisotopic (exact) mass is 438 g/mol. The molecule has 0 radical (unpaired) electrons. The molecular weight excluding hydrogens is 404 g/mol. The van der Waals surface area contributed by atoms with Gasteiger partial charge in [0, 0.05) is 11.5 Å². The van der Waals surface area contributed by atoms with Crippen LogP contribution < -0.4 is 4.74 Å². The number of alkyl halides is 4. The molecule has 5 heteroatoms. The number of halogens is 4. The first-order valence-electron chi connectivity index (χ1n) is 11.8. The fourth-order valence-corrected chi connectivity index (χ4v) is 5.17. The van der Waals surface area contributed by atoms with Gasteiger partial charge in [0.15, 0.2) is 0 Å². The number of hydrogen-bond donors (Lipinski definition) is 0. The molecular formula is C26H34F4O. The van der Waals surface area contributed by atoms with Gasteiger partial charge in [-0.2, -0.15) is 17.6 Å². The topological polar surface area (TPSA) is 9.23 Å². The SMILES string of the molecule is CCCCC1CCC(C2CCC(C#Cc3ccc(OC(F)(F)C(F)F)cc3)CC2)CC1. The number of benzene rings is 1. The summed E-state index contributed by atoms with van der Waals surface area (Å²) in [7, 11) is 0. The van der Waals surface area contributed by atoms with Crippen molar-refractivity contribution in [3.63, 3.8) is 0 Å². The van der Waals surface area contributed by atoms with Crippen LogP contribution in [0.1, 0.15) is 83.1 Å². The third-order valence-electron chi connectivity index (χ3n) is 7.08. The van der Waals surface area contributed by atoms with Crippen LogP contribution in [0.4, 0.5) is 17.6 Å². The van der Waals surface area contributed by atoms with Crippen molar-refractivity contribution >= 4 is 0 Å². The Morgan fingerprint density at radius 3 is 2.06 bits per heavy atom. The second-order valence-electron chi connectivity index (χ2n) is 9.29. The predicted octanol–water partition coefficient (Wildman–Crippen LogP) is 8.08. The Kier molecular flexibility index (Phi) is 8.69. The summed E-state index contributed by atoms with van der Waals surface area (Å²) in [5.74, 6) is 9.20. The molecule has 2 fully saturated rings. The summed E-state index contributed by atoms with van der Waals surface area (Å²) in [6.07, 6.45) is 6.09. The Balaban J connectivity index is 1.43. The van der Waals surface area contributed by atoms with Crippen molar-refractivity contribution in [2.24, 2.45) is 23.7 Å². The second kappa shape index (κ2) is 11.2. The van der Waals surface area contributed by atoms with E-state index < -0.39 is 12.5 Å². The van der Waals surface area contributed by atoms with E-state index >= 15 is 0 Å². The standard InChI is InChI=1S/C26H34F4O/c1-2-3-4-19-7-13-22(14-8-19)23-15-9-20(10-16-23)5-6-21-11-17-24(18-12-21)31-26(29,30)25(27)28/h11-12,17-20,22-23,25H,2-4,7-10,13-16H2,1H3. The molecule has 2 aliphatic rings. The van der Waals surface area contributed by atoms with Crippen LogP contribution >= 0.6 is 0 Å². The zero-order valence-electron chi connectivity index (χ0n) is 18.4. The van der Waals surface area contributed by atoms with Crippen LogP contribution in [-0.4, -0.2) is 12.5 Å². The lowest BCUT2D eigenvalue weighted by Crippen LogP contribution is -2.33. The van der Waals surface area contributed by atoms with Crippen molar-refractivity contribution in [2.75, 3.05) is 0 Å². The van der Waals surface area contributed by atoms with E-state index in [1.54, 1.807) is 0 Å². The fraction of sp³-hybridized carbons (Fsp3) is 0.692. The van der Waals surface area contributed by atoms with Gasteiger partial charge in [0.1, 0.15) is 5.75 Å². The van der Waals surface area contributed by atoms with E-state index in [-0.39, 0.29) is 5.75 Å². The smallest absolute Gasteiger partial charge is 0.428 e. The summed E-state index contributed by atoms with van der Waals surface area (Å²) in [6.45, 7) is 2.27. The molecule has 0 N–H and O–H groups in total. The van der Waals surface area contributed by atoms with E-state index in [1.165, 1.54) is 82.1 Å². The average molecular weight is 439 g/mol. The minimum Gasteiger partial charge on any atom is -0.428 e. The maximum atomic E-state index is 13.0. The van der Waals surface area contributed by atoms with E-state index in [2.05, 4.69) is 23.5 Å². The van der Waals surface area contributed by atoms with Gasteiger partial charge in [-0.05, 0) is 80.5 Å². The number of ether oxygens (including phenoxy) is 1. The summed E-state index contributed by atoms with van der Waals surface area (Å²) in [5, 5.41) is 0. The van der Waals surface area contributed by atoms with Crippen LogP contribution in [0.15, 0.2) is 24.3 Å². The zero-order valence-corrected chi connectivity index (χ0v) is 18.4. The Hall–Kier alpha value is -1.70. The first-order chi connectivity index (χ1) is 14.9. The average Bonchev–Trinajstić information content (AvgIpc) is 2.78. The normalized spacial score (nSPS) is 26.9. The molecule has 1 nitrogen and oxygen atoms in total. The summed E-state index contributed by atoms with van der Waals surface area (Å²) in [5.41, 5.74) is 0.681. The summed E-state index contributed by atoms with van der Waals surface area (Å²) >= 11 is 0. The third-order valence-corrected chi connectivity index (χ3v) is 7.08. The van der Waals surface area contributed by atoms with Crippen LogP contribution in [-0.2, 0) is 0 Å². The van der Waals surface area contributed by atoms with Crippen molar-refractivity contribution in [3.05, 3.63) is 29.8 Å². The lowest BCUT2D eigenvalue weighted by atomic mass is 9.69. The molecule has 1 aromatic rings. The molecule has 172 valence electrons. The summed E-state index contributed by atoms with van der Waals surface area (Å²) in [6, 6.07) is 5.58. The van der Waals surface area contributed by atoms with Gasteiger partial charge in [-0.25, -0.2) is 0 Å². The molecule has 1 aromatic carbocycles. The van der Waals surface area contributed by atoms with Gasteiger partial charge < -0.3 is 4.74 Å². The van der Waals surface area contributed by atoms with Crippen LogP contribution in [0.2, 0.25) is 0 Å². The van der Waals surface area contributed by atoms with Gasteiger partial charge in [0.2, 0.25) is 0 Å². The van der Waals surface area contributed by atoms with Gasteiger partial charge in [-0.1, -0.05) is 50.9 Å². The molecule has 0 bridgehead atoms. The van der Waals surface area contributed by atoms with Crippen LogP contribution in [0, 0.1) is 35.5 Å². The molecule has 0 spiro atoms. The quantitative estimate of drug-likeness (QED) is 0.309. The van der Waals surface area contributed by atoms with Gasteiger partial charge >= 0.3 is 12.5 Å². The van der Waals surface area contributed by atoms with E-state index in [4.69, 9.17) is 0 Å². The Morgan fingerprint density at radius 2 is 1.52 bits per heavy atom. The van der Waals surface area contributed by atoms with Gasteiger partial charge in [-0.15, -0.1) is 0 Å². The van der Waals surface area contributed by atoms with Gasteiger partial charge in [0.05, 0.1) is 0 Å². The minimum atomic E-state index is -4.49. The highest BCUT2D eigenvalue weighted by Gasteiger charge is 2.43. The number of hydrogen-bond acceptors (Lipinski definition) is 1. The first kappa shape index (κ1) is 24.0. The lowest BCUT2D eigenvalue weighted by Gasteiger charge is -2.37. The predicted molar refractivity (Wildman–Crippen MR) is 115 cm³/mol. The molecule has 0 heterocycles. The van der Waals surface area contributed by atoms with Crippen LogP contribution in [0.5, 0.6) is 5.75 Å². The molecule has 3 rings (SSSR count). The molecule has 0 saturated heterocycles. The first-order valence-corrected chi connectivity index (χ1v) is 11.8. The van der Waals surface area contributed by atoms with Gasteiger partial charge in [0.25, 0.3) is 0 Å².